The molecule has 0 fully saturated rings. The van der Waals surface area contributed by atoms with Crippen molar-refractivity contribution >= 4 is 29.5 Å². The third kappa shape index (κ3) is 3.82. The lowest BCUT2D eigenvalue weighted by Crippen LogP contribution is -2.37. The number of fused-ring (bicyclic) bond motifs is 1. The average molecular weight is 348 g/mol. The van der Waals surface area contributed by atoms with Gasteiger partial charge in [0.05, 0.1) is 17.9 Å². The Morgan fingerprint density at radius 3 is 2.74 bits per heavy atom. The van der Waals surface area contributed by atoms with Crippen LogP contribution in [0.3, 0.4) is 0 Å². The van der Waals surface area contributed by atoms with Crippen molar-refractivity contribution in [3.8, 4) is 0 Å². The number of thioether (sulfide) groups is 1. The van der Waals surface area contributed by atoms with E-state index in [4.69, 9.17) is 16.3 Å². The molecule has 23 heavy (non-hydrogen) atoms. The van der Waals surface area contributed by atoms with E-state index in [-0.39, 0.29) is 17.4 Å². The van der Waals surface area contributed by atoms with Crippen LogP contribution < -0.4 is 5.32 Å². The van der Waals surface area contributed by atoms with E-state index in [0.29, 0.717) is 6.61 Å². The van der Waals surface area contributed by atoms with Gasteiger partial charge in [0.25, 0.3) is 0 Å². The molecule has 0 spiro atoms. The van der Waals surface area contributed by atoms with Crippen molar-refractivity contribution in [2.75, 3.05) is 6.61 Å². The van der Waals surface area contributed by atoms with Gasteiger partial charge < -0.3 is 10.1 Å². The minimum absolute atomic E-state index is 0.0205. The SMILES string of the molecule is CCOC(=O)N[C@H]1Cc2ccccc2[C@H]1Sc1ccc(Cl)cc1. The van der Waals surface area contributed by atoms with Crippen molar-refractivity contribution in [3.63, 3.8) is 0 Å². The lowest BCUT2D eigenvalue weighted by Gasteiger charge is -2.21. The van der Waals surface area contributed by atoms with Gasteiger partial charge in [-0.25, -0.2) is 4.79 Å². The number of halogens is 1. The summed E-state index contributed by atoms with van der Waals surface area (Å²) in [5, 5.41) is 3.89. The molecule has 2 aromatic carbocycles. The second-order valence-corrected chi connectivity index (χ2v) is 7.02. The van der Waals surface area contributed by atoms with Gasteiger partial charge in [0, 0.05) is 9.92 Å². The molecule has 0 saturated carbocycles. The van der Waals surface area contributed by atoms with Crippen molar-refractivity contribution < 1.29 is 9.53 Å². The molecule has 3 nitrogen and oxygen atoms in total. The molecule has 0 radical (unpaired) electrons. The number of rotatable bonds is 4. The fraction of sp³-hybridized carbons (Fsp3) is 0.278. The number of carbonyl (C=O) groups excluding carboxylic acids is 1. The number of carbonyl (C=O) groups is 1. The molecule has 2 aromatic rings. The summed E-state index contributed by atoms with van der Waals surface area (Å²) in [5.74, 6) is 0. The molecular formula is C18H18ClNO2S. The molecule has 2 atom stereocenters. The number of nitrogens with one attached hydrogen (secondary N) is 1. The lowest BCUT2D eigenvalue weighted by molar-refractivity contribution is 0.148. The first-order valence-electron chi connectivity index (χ1n) is 7.60. The molecule has 0 unspecified atom stereocenters. The Hall–Kier alpha value is -1.65. The van der Waals surface area contributed by atoms with Crippen LogP contribution in [0.1, 0.15) is 23.3 Å². The Bertz CT molecular complexity index is 690. The molecule has 0 bridgehead atoms. The van der Waals surface area contributed by atoms with Crippen LogP contribution in [-0.4, -0.2) is 18.7 Å². The number of hydrogen-bond acceptors (Lipinski definition) is 3. The lowest BCUT2D eigenvalue weighted by atomic mass is 10.1. The molecule has 1 aliphatic carbocycles. The second kappa shape index (κ2) is 7.28. The Morgan fingerprint density at radius 1 is 1.26 bits per heavy atom. The number of benzene rings is 2. The zero-order valence-electron chi connectivity index (χ0n) is 12.8. The van der Waals surface area contributed by atoms with Crippen molar-refractivity contribution in [2.45, 2.75) is 29.5 Å². The standard InChI is InChI=1S/C18H18ClNO2S/c1-2-22-18(21)20-16-11-12-5-3-4-6-15(12)17(16)23-14-9-7-13(19)8-10-14/h3-10,16-17H,2,11H2,1H3,(H,20,21)/t16-,17+/m0/s1. The maximum Gasteiger partial charge on any atom is 0.407 e. The minimum atomic E-state index is -0.355. The molecule has 1 amide bonds. The highest BCUT2D eigenvalue weighted by Crippen LogP contribution is 2.44. The van der Waals surface area contributed by atoms with Gasteiger partial charge in [0.15, 0.2) is 0 Å². The number of amides is 1. The highest BCUT2D eigenvalue weighted by Gasteiger charge is 2.34. The summed E-state index contributed by atoms with van der Waals surface area (Å²) in [6.45, 7) is 2.18. The summed E-state index contributed by atoms with van der Waals surface area (Å²) in [5.41, 5.74) is 2.55. The fourth-order valence-corrected chi connectivity index (χ4v) is 4.21. The van der Waals surface area contributed by atoms with Crippen LogP contribution in [0.2, 0.25) is 5.02 Å². The molecule has 1 N–H and O–H groups in total. The second-order valence-electron chi connectivity index (χ2n) is 5.37. The largest absolute Gasteiger partial charge is 0.450 e. The van der Waals surface area contributed by atoms with Gasteiger partial charge in [0.2, 0.25) is 0 Å². The van der Waals surface area contributed by atoms with Crippen molar-refractivity contribution in [1.82, 2.24) is 5.32 Å². The molecule has 120 valence electrons. The van der Waals surface area contributed by atoms with E-state index in [9.17, 15) is 4.79 Å². The van der Waals surface area contributed by atoms with E-state index in [0.717, 1.165) is 16.3 Å². The van der Waals surface area contributed by atoms with Crippen LogP contribution in [0, 0.1) is 0 Å². The Balaban J connectivity index is 1.82. The number of hydrogen-bond donors (Lipinski definition) is 1. The number of alkyl carbamates (subject to hydrolysis) is 1. The van der Waals surface area contributed by atoms with E-state index < -0.39 is 0 Å². The maximum atomic E-state index is 11.8. The Labute approximate surface area is 145 Å². The highest BCUT2D eigenvalue weighted by molar-refractivity contribution is 7.99. The van der Waals surface area contributed by atoms with Crippen LogP contribution in [-0.2, 0) is 11.2 Å². The highest BCUT2D eigenvalue weighted by atomic mass is 35.5. The summed E-state index contributed by atoms with van der Waals surface area (Å²) in [6, 6.07) is 16.2. The van der Waals surface area contributed by atoms with Gasteiger partial charge in [-0.05, 0) is 48.7 Å². The van der Waals surface area contributed by atoms with Crippen LogP contribution in [0.25, 0.3) is 0 Å². The molecular weight excluding hydrogens is 330 g/mol. The van der Waals surface area contributed by atoms with Gasteiger partial charge in [-0.15, -0.1) is 11.8 Å². The van der Waals surface area contributed by atoms with Gasteiger partial charge in [0.1, 0.15) is 0 Å². The Morgan fingerprint density at radius 2 is 2.00 bits per heavy atom. The zero-order valence-corrected chi connectivity index (χ0v) is 14.4. The smallest absolute Gasteiger partial charge is 0.407 e. The van der Waals surface area contributed by atoms with E-state index in [1.807, 2.05) is 43.3 Å². The van der Waals surface area contributed by atoms with E-state index in [1.54, 1.807) is 11.8 Å². The molecule has 0 saturated heterocycles. The van der Waals surface area contributed by atoms with Crippen molar-refractivity contribution in [3.05, 3.63) is 64.7 Å². The first-order valence-corrected chi connectivity index (χ1v) is 8.86. The normalized spacial score (nSPS) is 19.2. The first kappa shape index (κ1) is 16.2. The number of ether oxygens (including phenoxy) is 1. The summed E-state index contributed by atoms with van der Waals surface area (Å²) >= 11 is 7.70. The van der Waals surface area contributed by atoms with Crippen LogP contribution >= 0.6 is 23.4 Å². The summed E-state index contributed by atoms with van der Waals surface area (Å²) in [7, 11) is 0. The molecule has 0 aromatic heterocycles. The average Bonchev–Trinajstić information content (AvgIpc) is 2.87. The topological polar surface area (TPSA) is 38.3 Å². The van der Waals surface area contributed by atoms with Crippen LogP contribution in [0.15, 0.2) is 53.4 Å². The van der Waals surface area contributed by atoms with Crippen molar-refractivity contribution in [1.29, 1.82) is 0 Å². The summed E-state index contributed by atoms with van der Waals surface area (Å²) in [6.07, 6.45) is 0.465. The molecule has 1 aliphatic rings. The predicted octanol–water partition coefficient (Wildman–Crippen LogP) is 4.84. The first-order chi connectivity index (χ1) is 11.2. The fourth-order valence-electron chi connectivity index (χ4n) is 2.81. The molecule has 0 heterocycles. The van der Waals surface area contributed by atoms with Crippen LogP contribution in [0.4, 0.5) is 4.79 Å². The Kier molecular flexibility index (Phi) is 5.13. The third-order valence-electron chi connectivity index (χ3n) is 3.82. The summed E-state index contributed by atoms with van der Waals surface area (Å²) < 4.78 is 5.04. The molecule has 3 rings (SSSR count). The van der Waals surface area contributed by atoms with Gasteiger partial charge in [-0.2, -0.15) is 0 Å². The van der Waals surface area contributed by atoms with Gasteiger partial charge in [-0.1, -0.05) is 35.9 Å². The molecule has 0 aliphatic heterocycles. The zero-order chi connectivity index (χ0) is 16.2. The monoisotopic (exact) mass is 347 g/mol. The predicted molar refractivity (Wildman–Crippen MR) is 94.1 cm³/mol. The quantitative estimate of drug-likeness (QED) is 0.859. The van der Waals surface area contributed by atoms with E-state index in [2.05, 4.69) is 17.4 Å². The molecule has 5 heteroatoms. The minimum Gasteiger partial charge on any atom is -0.450 e. The maximum absolute atomic E-state index is 11.8. The van der Waals surface area contributed by atoms with Crippen molar-refractivity contribution in [2.24, 2.45) is 0 Å². The van der Waals surface area contributed by atoms with E-state index in [1.165, 1.54) is 11.1 Å². The summed E-state index contributed by atoms with van der Waals surface area (Å²) in [4.78, 5) is 13.0. The van der Waals surface area contributed by atoms with Crippen LogP contribution in [0.5, 0.6) is 0 Å². The van der Waals surface area contributed by atoms with E-state index >= 15 is 0 Å². The van der Waals surface area contributed by atoms with Gasteiger partial charge in [-0.3, -0.25) is 0 Å². The third-order valence-corrected chi connectivity index (χ3v) is 5.45. The van der Waals surface area contributed by atoms with Gasteiger partial charge >= 0.3 is 6.09 Å².